The van der Waals surface area contributed by atoms with E-state index in [1.54, 1.807) is 17.0 Å². The summed E-state index contributed by atoms with van der Waals surface area (Å²) >= 11 is 0. The molecule has 1 aliphatic heterocycles. The van der Waals surface area contributed by atoms with E-state index in [1.165, 1.54) is 6.07 Å². The highest BCUT2D eigenvalue weighted by atomic mass is 16.4. The number of carboxylic acids is 1. The topological polar surface area (TPSA) is 69.6 Å². The zero-order valence-corrected chi connectivity index (χ0v) is 10.4. The monoisotopic (exact) mass is 248 g/mol. The van der Waals surface area contributed by atoms with Crippen LogP contribution in [-0.2, 0) is 6.42 Å². The van der Waals surface area contributed by atoms with E-state index in [-0.39, 0.29) is 17.6 Å². The molecule has 1 aliphatic rings. The first-order valence-electron chi connectivity index (χ1n) is 5.93. The van der Waals surface area contributed by atoms with Crippen molar-refractivity contribution in [2.45, 2.75) is 26.3 Å². The van der Waals surface area contributed by atoms with Gasteiger partial charge in [-0.15, -0.1) is 0 Å². The molecule has 1 aromatic rings. The summed E-state index contributed by atoms with van der Waals surface area (Å²) < 4.78 is 0. The molecule has 18 heavy (non-hydrogen) atoms. The number of hydrogen-bond acceptors (Lipinski definition) is 2. The van der Waals surface area contributed by atoms with Crippen molar-refractivity contribution in [3.63, 3.8) is 0 Å². The lowest BCUT2D eigenvalue weighted by Crippen LogP contribution is -2.42. The van der Waals surface area contributed by atoms with Gasteiger partial charge in [0, 0.05) is 18.3 Å². The number of urea groups is 1. The summed E-state index contributed by atoms with van der Waals surface area (Å²) in [5, 5.41) is 11.8. The normalized spacial score (nSPS) is 13.6. The zero-order chi connectivity index (χ0) is 13.3. The number of hydrogen-bond donors (Lipinski definition) is 2. The van der Waals surface area contributed by atoms with Crippen LogP contribution in [0, 0.1) is 0 Å². The molecule has 0 unspecified atom stereocenters. The van der Waals surface area contributed by atoms with E-state index in [0.29, 0.717) is 13.0 Å². The summed E-state index contributed by atoms with van der Waals surface area (Å²) in [4.78, 5) is 24.5. The van der Waals surface area contributed by atoms with Crippen LogP contribution in [0.5, 0.6) is 0 Å². The quantitative estimate of drug-likeness (QED) is 0.839. The van der Waals surface area contributed by atoms with Gasteiger partial charge in [-0.05, 0) is 44.0 Å². The Labute approximate surface area is 105 Å². The van der Waals surface area contributed by atoms with Crippen LogP contribution >= 0.6 is 0 Å². The molecule has 96 valence electrons. The Morgan fingerprint density at radius 1 is 1.39 bits per heavy atom. The van der Waals surface area contributed by atoms with Crippen molar-refractivity contribution in [1.29, 1.82) is 0 Å². The molecule has 0 atom stereocenters. The van der Waals surface area contributed by atoms with Crippen LogP contribution in [0.3, 0.4) is 0 Å². The van der Waals surface area contributed by atoms with E-state index in [4.69, 9.17) is 5.11 Å². The first-order chi connectivity index (χ1) is 8.49. The Kier molecular flexibility index (Phi) is 3.23. The fraction of sp³-hybridized carbons (Fsp3) is 0.385. The third kappa shape index (κ3) is 2.30. The zero-order valence-electron chi connectivity index (χ0n) is 10.4. The number of fused-ring (bicyclic) bond motifs is 1. The second-order valence-corrected chi connectivity index (χ2v) is 4.65. The average Bonchev–Trinajstić information content (AvgIpc) is 2.70. The lowest BCUT2D eigenvalue weighted by atomic mass is 10.1. The summed E-state index contributed by atoms with van der Waals surface area (Å²) in [6, 6.07) is 4.82. The van der Waals surface area contributed by atoms with Crippen molar-refractivity contribution in [2.24, 2.45) is 0 Å². The average molecular weight is 248 g/mol. The molecule has 2 amide bonds. The van der Waals surface area contributed by atoms with Gasteiger partial charge in [0.15, 0.2) is 0 Å². The predicted octanol–water partition coefficient (Wildman–Crippen LogP) is 1.87. The van der Waals surface area contributed by atoms with Gasteiger partial charge in [0.2, 0.25) is 0 Å². The van der Waals surface area contributed by atoms with Crippen molar-refractivity contribution >= 4 is 17.7 Å². The highest BCUT2D eigenvalue weighted by molar-refractivity contribution is 5.96. The minimum atomic E-state index is -0.942. The molecule has 0 fully saturated rings. The minimum Gasteiger partial charge on any atom is -0.478 e. The molecule has 0 radical (unpaired) electrons. The van der Waals surface area contributed by atoms with Crippen LogP contribution in [0.1, 0.15) is 29.8 Å². The number of amides is 2. The predicted molar refractivity (Wildman–Crippen MR) is 68.1 cm³/mol. The van der Waals surface area contributed by atoms with Crippen LogP contribution in [-0.4, -0.2) is 29.7 Å². The number of rotatable bonds is 2. The number of benzene rings is 1. The summed E-state index contributed by atoms with van der Waals surface area (Å²) in [5.41, 5.74) is 1.98. The minimum absolute atomic E-state index is 0.0832. The van der Waals surface area contributed by atoms with Gasteiger partial charge >= 0.3 is 12.0 Å². The highest BCUT2D eigenvalue weighted by Crippen LogP contribution is 2.28. The van der Waals surface area contributed by atoms with E-state index in [0.717, 1.165) is 11.3 Å². The van der Waals surface area contributed by atoms with E-state index >= 15 is 0 Å². The fourth-order valence-electron chi connectivity index (χ4n) is 2.07. The number of anilines is 1. The lowest BCUT2D eigenvalue weighted by molar-refractivity contribution is 0.0697. The maximum absolute atomic E-state index is 11.9. The molecule has 2 N–H and O–H groups in total. The summed E-state index contributed by atoms with van der Waals surface area (Å²) in [6.45, 7) is 4.40. The Bertz CT molecular complexity index is 497. The smallest absolute Gasteiger partial charge is 0.335 e. The Balaban J connectivity index is 2.24. The maximum Gasteiger partial charge on any atom is 0.335 e. The summed E-state index contributed by atoms with van der Waals surface area (Å²) in [7, 11) is 0. The van der Waals surface area contributed by atoms with Crippen LogP contribution in [0.4, 0.5) is 10.5 Å². The van der Waals surface area contributed by atoms with Gasteiger partial charge in [-0.25, -0.2) is 9.59 Å². The molecule has 0 saturated carbocycles. The van der Waals surface area contributed by atoms with Gasteiger partial charge in [-0.3, -0.25) is 4.90 Å². The molecule has 0 aliphatic carbocycles. The van der Waals surface area contributed by atoms with Crippen LogP contribution in [0.15, 0.2) is 18.2 Å². The fourth-order valence-corrected chi connectivity index (χ4v) is 2.07. The molecule has 0 spiro atoms. The first kappa shape index (κ1) is 12.4. The molecule has 0 aromatic heterocycles. The highest BCUT2D eigenvalue weighted by Gasteiger charge is 2.25. The van der Waals surface area contributed by atoms with Gasteiger partial charge < -0.3 is 10.4 Å². The van der Waals surface area contributed by atoms with Gasteiger partial charge in [0.25, 0.3) is 0 Å². The Morgan fingerprint density at radius 3 is 2.72 bits per heavy atom. The number of aromatic carboxylic acids is 1. The first-order valence-corrected chi connectivity index (χ1v) is 5.93. The Morgan fingerprint density at radius 2 is 2.11 bits per heavy atom. The lowest BCUT2D eigenvalue weighted by Gasteiger charge is -2.19. The maximum atomic E-state index is 11.9. The summed E-state index contributed by atoms with van der Waals surface area (Å²) in [5.74, 6) is -0.942. The molecule has 5 nitrogen and oxygen atoms in total. The molecule has 2 rings (SSSR count). The molecule has 0 bridgehead atoms. The largest absolute Gasteiger partial charge is 0.478 e. The molecule has 1 aromatic carbocycles. The third-order valence-electron chi connectivity index (χ3n) is 2.88. The number of carbonyl (C=O) groups is 2. The van der Waals surface area contributed by atoms with Crippen molar-refractivity contribution in [1.82, 2.24) is 5.32 Å². The van der Waals surface area contributed by atoms with Gasteiger partial charge in [-0.1, -0.05) is 0 Å². The second-order valence-electron chi connectivity index (χ2n) is 4.65. The standard InChI is InChI=1S/C13H16N2O3/c1-8(2)14-13(18)15-6-5-9-7-10(12(16)17)3-4-11(9)15/h3-4,7-8H,5-6H2,1-2H3,(H,14,18)(H,16,17). The van der Waals surface area contributed by atoms with E-state index < -0.39 is 5.97 Å². The Hall–Kier alpha value is -2.04. The van der Waals surface area contributed by atoms with E-state index in [1.807, 2.05) is 13.8 Å². The SMILES string of the molecule is CC(C)NC(=O)N1CCc2cc(C(=O)O)ccc21. The van der Waals surface area contributed by atoms with Crippen molar-refractivity contribution < 1.29 is 14.7 Å². The van der Waals surface area contributed by atoms with Crippen LogP contribution < -0.4 is 10.2 Å². The molecule has 0 saturated heterocycles. The van der Waals surface area contributed by atoms with Crippen LogP contribution in [0.2, 0.25) is 0 Å². The molecule has 1 heterocycles. The third-order valence-corrected chi connectivity index (χ3v) is 2.88. The molecular weight excluding hydrogens is 232 g/mol. The van der Waals surface area contributed by atoms with Gasteiger partial charge in [-0.2, -0.15) is 0 Å². The van der Waals surface area contributed by atoms with Crippen molar-refractivity contribution in [3.8, 4) is 0 Å². The second kappa shape index (κ2) is 4.68. The van der Waals surface area contributed by atoms with Gasteiger partial charge in [0.05, 0.1) is 5.56 Å². The van der Waals surface area contributed by atoms with Crippen molar-refractivity contribution in [2.75, 3.05) is 11.4 Å². The van der Waals surface area contributed by atoms with E-state index in [2.05, 4.69) is 5.32 Å². The number of carboxylic acid groups (broad SMARTS) is 1. The molecular formula is C13H16N2O3. The van der Waals surface area contributed by atoms with E-state index in [9.17, 15) is 9.59 Å². The van der Waals surface area contributed by atoms with Crippen molar-refractivity contribution in [3.05, 3.63) is 29.3 Å². The number of nitrogens with one attached hydrogen (secondary N) is 1. The van der Waals surface area contributed by atoms with Crippen LogP contribution in [0.25, 0.3) is 0 Å². The van der Waals surface area contributed by atoms with Gasteiger partial charge in [0.1, 0.15) is 0 Å². The number of nitrogens with zero attached hydrogens (tertiary/aromatic N) is 1. The molecule has 5 heteroatoms. The summed E-state index contributed by atoms with van der Waals surface area (Å²) in [6.07, 6.45) is 0.696. The number of carbonyl (C=O) groups excluding carboxylic acids is 1.